The van der Waals surface area contributed by atoms with Crippen LogP contribution in [-0.4, -0.2) is 36.9 Å². The van der Waals surface area contributed by atoms with Crippen LogP contribution in [0.4, 0.5) is 0 Å². The average molecular weight is 387 g/mol. The van der Waals surface area contributed by atoms with Gasteiger partial charge in [-0.05, 0) is 46.5 Å². The Labute approximate surface area is 137 Å². The molecule has 1 saturated heterocycles. The van der Waals surface area contributed by atoms with E-state index < -0.39 is 21.9 Å². The molecule has 1 aromatic rings. The van der Waals surface area contributed by atoms with E-state index in [0.29, 0.717) is 23.0 Å². The molecule has 1 aromatic carbocycles. The van der Waals surface area contributed by atoms with Gasteiger partial charge >= 0.3 is 5.97 Å². The molecule has 0 spiro atoms. The van der Waals surface area contributed by atoms with Crippen molar-refractivity contribution in [3.8, 4) is 6.07 Å². The molecule has 0 radical (unpaired) electrons. The summed E-state index contributed by atoms with van der Waals surface area (Å²) in [7, 11) is -3.78. The summed E-state index contributed by atoms with van der Waals surface area (Å²) in [6, 6.07) is 6.13. The fraction of sp³-hybridized carbons (Fsp3) is 0.429. The number of hydrogen-bond donors (Lipinski definition) is 1. The minimum atomic E-state index is -3.78. The first-order valence-electron chi connectivity index (χ1n) is 6.68. The molecule has 22 heavy (non-hydrogen) atoms. The Kier molecular flexibility index (Phi) is 4.90. The van der Waals surface area contributed by atoms with E-state index in [1.54, 1.807) is 0 Å². The summed E-state index contributed by atoms with van der Waals surface area (Å²) in [6.45, 7) is 2.11. The van der Waals surface area contributed by atoms with E-state index in [4.69, 9.17) is 10.4 Å². The zero-order chi connectivity index (χ0) is 16.5. The molecule has 8 heteroatoms. The van der Waals surface area contributed by atoms with Gasteiger partial charge in [-0.25, -0.2) is 8.42 Å². The van der Waals surface area contributed by atoms with Gasteiger partial charge in [-0.15, -0.1) is 0 Å². The average Bonchev–Trinajstić information content (AvgIpc) is 2.46. The molecule has 2 unspecified atom stereocenters. The van der Waals surface area contributed by atoms with Gasteiger partial charge < -0.3 is 5.11 Å². The fourth-order valence-electron chi connectivity index (χ4n) is 2.57. The van der Waals surface area contributed by atoms with Gasteiger partial charge in [0.05, 0.1) is 16.4 Å². The Balaban J connectivity index is 2.35. The molecule has 2 rings (SSSR count). The summed E-state index contributed by atoms with van der Waals surface area (Å²) in [5, 5.41) is 18.0. The lowest BCUT2D eigenvalue weighted by atomic mass is 9.92. The number of benzene rings is 1. The van der Waals surface area contributed by atoms with Crippen LogP contribution in [0.5, 0.6) is 0 Å². The van der Waals surface area contributed by atoms with Crippen LogP contribution in [0.15, 0.2) is 27.6 Å². The molecule has 0 bridgehead atoms. The molecule has 1 fully saturated rings. The molecular formula is C14H15BrN2O4S. The van der Waals surface area contributed by atoms with Gasteiger partial charge in [0.2, 0.25) is 10.0 Å². The minimum Gasteiger partial charge on any atom is -0.481 e. The van der Waals surface area contributed by atoms with Crippen molar-refractivity contribution in [3.63, 3.8) is 0 Å². The van der Waals surface area contributed by atoms with Crippen molar-refractivity contribution in [2.45, 2.75) is 18.2 Å². The van der Waals surface area contributed by atoms with Gasteiger partial charge in [0.25, 0.3) is 0 Å². The molecule has 0 saturated carbocycles. The number of carboxylic acids is 1. The second-order valence-electron chi connectivity index (χ2n) is 5.45. The SMILES string of the molecule is CC1CC(C(=O)O)CN(S(=O)(=O)c2ccc(C#N)c(Br)c2)C1. The van der Waals surface area contributed by atoms with E-state index in [2.05, 4.69) is 15.9 Å². The highest BCUT2D eigenvalue weighted by Gasteiger charge is 2.36. The number of piperidine rings is 1. The van der Waals surface area contributed by atoms with E-state index in [1.165, 1.54) is 22.5 Å². The molecule has 118 valence electrons. The van der Waals surface area contributed by atoms with Gasteiger partial charge in [0.1, 0.15) is 6.07 Å². The number of aliphatic carboxylic acids is 1. The lowest BCUT2D eigenvalue weighted by Crippen LogP contribution is -2.45. The first kappa shape index (κ1) is 16.9. The third-order valence-corrected chi connectivity index (χ3v) is 6.16. The van der Waals surface area contributed by atoms with E-state index in [9.17, 15) is 13.2 Å². The molecule has 0 amide bonds. The Morgan fingerprint density at radius 3 is 2.68 bits per heavy atom. The van der Waals surface area contributed by atoms with Crippen LogP contribution < -0.4 is 0 Å². The van der Waals surface area contributed by atoms with Crippen LogP contribution in [0.2, 0.25) is 0 Å². The molecular weight excluding hydrogens is 372 g/mol. The van der Waals surface area contributed by atoms with Crippen molar-refractivity contribution in [2.75, 3.05) is 13.1 Å². The van der Waals surface area contributed by atoms with E-state index in [-0.39, 0.29) is 17.4 Å². The van der Waals surface area contributed by atoms with Gasteiger partial charge in [-0.2, -0.15) is 9.57 Å². The maximum atomic E-state index is 12.7. The van der Waals surface area contributed by atoms with Crippen LogP contribution in [0.1, 0.15) is 18.9 Å². The Bertz CT molecular complexity index is 742. The highest BCUT2D eigenvalue weighted by molar-refractivity contribution is 9.10. The van der Waals surface area contributed by atoms with Crippen molar-refractivity contribution in [1.29, 1.82) is 5.26 Å². The van der Waals surface area contributed by atoms with Crippen LogP contribution in [-0.2, 0) is 14.8 Å². The Hall–Kier alpha value is -1.43. The number of hydrogen-bond acceptors (Lipinski definition) is 4. The normalized spacial score (nSPS) is 23.0. The van der Waals surface area contributed by atoms with Crippen LogP contribution in [0, 0.1) is 23.2 Å². The van der Waals surface area contributed by atoms with E-state index in [1.807, 2.05) is 13.0 Å². The molecule has 1 heterocycles. The smallest absolute Gasteiger partial charge is 0.307 e. The van der Waals surface area contributed by atoms with E-state index in [0.717, 1.165) is 0 Å². The zero-order valence-electron chi connectivity index (χ0n) is 11.9. The monoisotopic (exact) mass is 386 g/mol. The largest absolute Gasteiger partial charge is 0.481 e. The Morgan fingerprint density at radius 2 is 2.14 bits per heavy atom. The van der Waals surface area contributed by atoms with Gasteiger partial charge in [-0.1, -0.05) is 6.92 Å². The molecule has 1 aliphatic rings. The quantitative estimate of drug-likeness (QED) is 0.856. The van der Waals surface area contributed by atoms with Crippen molar-refractivity contribution in [3.05, 3.63) is 28.2 Å². The fourth-order valence-corrected chi connectivity index (χ4v) is 4.82. The Morgan fingerprint density at radius 1 is 1.45 bits per heavy atom. The molecule has 1 aliphatic heterocycles. The molecule has 1 N–H and O–H groups in total. The van der Waals surface area contributed by atoms with Gasteiger partial charge in [-0.3, -0.25) is 4.79 Å². The molecule has 0 aliphatic carbocycles. The number of carbonyl (C=O) groups is 1. The maximum Gasteiger partial charge on any atom is 0.307 e. The maximum absolute atomic E-state index is 12.7. The highest BCUT2D eigenvalue weighted by atomic mass is 79.9. The van der Waals surface area contributed by atoms with Gasteiger partial charge in [0.15, 0.2) is 0 Å². The third kappa shape index (κ3) is 3.32. The summed E-state index contributed by atoms with van der Waals surface area (Å²) in [5.41, 5.74) is 0.342. The van der Waals surface area contributed by atoms with Crippen molar-refractivity contribution in [2.24, 2.45) is 11.8 Å². The van der Waals surface area contributed by atoms with Crippen molar-refractivity contribution >= 4 is 31.9 Å². The van der Waals surface area contributed by atoms with Crippen LogP contribution >= 0.6 is 15.9 Å². The minimum absolute atomic E-state index is 0.0218. The summed E-state index contributed by atoms with van der Waals surface area (Å²) in [6.07, 6.45) is 0.471. The van der Waals surface area contributed by atoms with Gasteiger partial charge in [0, 0.05) is 17.6 Å². The standard InChI is InChI=1S/C14H15BrN2O4S/c1-9-4-11(14(18)19)8-17(7-9)22(20,21)12-3-2-10(6-16)13(15)5-12/h2-3,5,9,11H,4,7-8H2,1H3,(H,18,19). The summed E-state index contributed by atoms with van der Waals surface area (Å²) in [4.78, 5) is 11.2. The number of nitrogens with zero attached hydrogens (tertiary/aromatic N) is 2. The second-order valence-corrected chi connectivity index (χ2v) is 8.24. The van der Waals surface area contributed by atoms with Crippen LogP contribution in [0.3, 0.4) is 0 Å². The number of halogens is 1. The topological polar surface area (TPSA) is 98.5 Å². The summed E-state index contributed by atoms with van der Waals surface area (Å²) >= 11 is 3.17. The van der Waals surface area contributed by atoms with Crippen molar-refractivity contribution in [1.82, 2.24) is 4.31 Å². The molecule has 2 atom stereocenters. The highest BCUT2D eigenvalue weighted by Crippen LogP contribution is 2.29. The molecule has 6 nitrogen and oxygen atoms in total. The van der Waals surface area contributed by atoms with Crippen molar-refractivity contribution < 1.29 is 18.3 Å². The first-order chi connectivity index (χ1) is 10.3. The lowest BCUT2D eigenvalue weighted by molar-refractivity contribution is -0.143. The number of carboxylic acid groups (broad SMARTS) is 1. The second kappa shape index (κ2) is 6.36. The predicted octanol–water partition coefficient (Wildman–Crippen LogP) is 2.05. The predicted molar refractivity (Wildman–Crippen MR) is 82.5 cm³/mol. The number of sulfonamides is 1. The summed E-state index contributed by atoms with van der Waals surface area (Å²) in [5.74, 6) is -1.69. The molecule has 0 aromatic heterocycles. The summed E-state index contributed by atoms with van der Waals surface area (Å²) < 4.78 is 27.0. The van der Waals surface area contributed by atoms with E-state index >= 15 is 0 Å². The number of rotatable bonds is 3. The number of nitriles is 1. The third-order valence-electron chi connectivity index (χ3n) is 3.67. The first-order valence-corrected chi connectivity index (χ1v) is 8.91. The lowest BCUT2D eigenvalue weighted by Gasteiger charge is -2.33. The zero-order valence-corrected chi connectivity index (χ0v) is 14.3. The van der Waals surface area contributed by atoms with Crippen LogP contribution in [0.25, 0.3) is 0 Å².